The number of halogens is 3. The summed E-state index contributed by atoms with van der Waals surface area (Å²) in [5.74, 6) is 1.79. The maximum Gasteiger partial charge on any atom is 2.00 e. The van der Waals surface area contributed by atoms with E-state index in [1.807, 2.05) is 24.3 Å². The Balaban J connectivity index is 0.000000183. The van der Waals surface area contributed by atoms with E-state index in [4.69, 9.17) is 14.7 Å². The molecule has 4 atom stereocenters. The fourth-order valence-corrected chi connectivity index (χ4v) is 9.54. The number of amides is 2. The van der Waals surface area contributed by atoms with Gasteiger partial charge in [-0.15, -0.1) is 0 Å². The first kappa shape index (κ1) is 51.3. The molecule has 0 bridgehead atoms. The minimum Gasteiger partial charge on any atom is -1.00 e. The molecule has 362 valence electrons. The van der Waals surface area contributed by atoms with Crippen molar-refractivity contribution >= 4 is 63.8 Å². The second-order valence-electron chi connectivity index (χ2n) is 19.2. The molecule has 4 aromatic heterocycles. The van der Waals surface area contributed by atoms with Crippen LogP contribution in [0.25, 0.3) is 0 Å². The van der Waals surface area contributed by atoms with Crippen LogP contribution < -0.4 is 37.4 Å². The van der Waals surface area contributed by atoms with E-state index in [9.17, 15) is 28.3 Å². The zero-order chi connectivity index (χ0) is 47.1. The summed E-state index contributed by atoms with van der Waals surface area (Å²) in [5.41, 5.74) is 4.47. The Labute approximate surface area is 436 Å². The molecule has 0 spiro atoms. The summed E-state index contributed by atoms with van der Waals surface area (Å²) in [7, 11) is 1.30. The molecule has 2 aromatic carbocycles. The summed E-state index contributed by atoms with van der Waals surface area (Å²) in [4.78, 5) is 69.1. The van der Waals surface area contributed by atoms with Crippen molar-refractivity contribution in [1.82, 2.24) is 40.5 Å². The Morgan fingerprint density at radius 1 is 0.662 bits per heavy atom. The van der Waals surface area contributed by atoms with E-state index >= 15 is 0 Å². The standard InChI is InChI=1S/C26H26FN5O2.C25H22FN5O3.CH3.BrH.Mg/c1-25(2,34)24-28-12-9-21(30-24)32-14-16-13-18(16)22-19(32)7-8-20(29-22)26(10-11-26)31-23(33)15-3-5-17(27)6-4-15;1-34-24(33)22-27-11-8-20(29-22)31-13-15-12-17(15)21-18(31)6-7-19(28-21)25(9-10-25)30-23(32)14-2-4-16(26)5-3-14;;;/h3-9,12,16,18,34H,10-11,13-14H2,1-2H3,(H,31,33);2-8,11,15,17H,9-10,12-13H2,1H3,(H,30,32);1H3;1H;/q;;-1;;+2/p-1. The molecule has 12 rings (SSSR count). The first-order chi connectivity index (χ1) is 32.7. The average Bonchev–Trinajstić information content (AvgIpc) is 4.14. The molecule has 71 heavy (non-hydrogen) atoms. The summed E-state index contributed by atoms with van der Waals surface area (Å²) in [6.07, 6.45) is 8.62. The number of benzene rings is 2. The maximum absolute atomic E-state index is 13.2. The van der Waals surface area contributed by atoms with Gasteiger partial charge < -0.3 is 54.7 Å². The van der Waals surface area contributed by atoms with Crippen LogP contribution in [0, 0.1) is 30.9 Å². The van der Waals surface area contributed by atoms with E-state index in [1.54, 1.807) is 32.3 Å². The molecule has 2 aliphatic heterocycles. The summed E-state index contributed by atoms with van der Waals surface area (Å²) in [6, 6.07) is 22.8. The summed E-state index contributed by atoms with van der Waals surface area (Å²) in [6.45, 7) is 5.00. The van der Waals surface area contributed by atoms with Crippen molar-refractivity contribution in [2.75, 3.05) is 30.0 Å². The first-order valence-corrected chi connectivity index (χ1v) is 22.9. The number of carbonyl (C=O) groups excluding carboxylic acids is 3. The van der Waals surface area contributed by atoms with E-state index in [0.29, 0.717) is 46.4 Å². The summed E-state index contributed by atoms with van der Waals surface area (Å²) >= 11 is 0. The molecular weight excluding hydrogens is 987 g/mol. The number of ether oxygens (including phenoxy) is 1. The number of aliphatic hydroxyl groups is 1. The van der Waals surface area contributed by atoms with Gasteiger partial charge in [0.25, 0.3) is 11.8 Å². The quantitative estimate of drug-likeness (QED) is 0.0993. The molecule has 4 unspecified atom stereocenters. The van der Waals surface area contributed by atoms with Crippen LogP contribution in [-0.4, -0.2) is 96.0 Å². The topological polar surface area (TPSA) is 189 Å². The van der Waals surface area contributed by atoms with Crippen molar-refractivity contribution in [3.05, 3.63) is 162 Å². The number of rotatable bonds is 10. The van der Waals surface area contributed by atoms with Crippen molar-refractivity contribution in [1.29, 1.82) is 0 Å². The number of pyridine rings is 2. The Hall–Kier alpha value is -6.02. The van der Waals surface area contributed by atoms with Crippen molar-refractivity contribution in [3.8, 4) is 0 Å². The molecule has 2 amide bonds. The van der Waals surface area contributed by atoms with Crippen molar-refractivity contribution in [2.45, 2.75) is 80.9 Å². The van der Waals surface area contributed by atoms with Gasteiger partial charge in [-0.3, -0.25) is 19.6 Å². The normalized spacial score (nSPS) is 20.6. The third-order valence-electron chi connectivity index (χ3n) is 13.9. The van der Waals surface area contributed by atoms with E-state index in [1.165, 1.54) is 55.6 Å². The van der Waals surface area contributed by atoms with Gasteiger partial charge in [0.05, 0.1) is 52.3 Å². The number of nitrogens with zero attached hydrogens (tertiary/aromatic N) is 8. The van der Waals surface area contributed by atoms with E-state index in [0.717, 1.165) is 91.6 Å². The minimum atomic E-state index is -1.13. The molecule has 4 fully saturated rings. The smallest absolute Gasteiger partial charge is 1.00 e. The minimum absolute atomic E-state index is 0. The van der Waals surface area contributed by atoms with E-state index in [-0.39, 0.29) is 76.7 Å². The van der Waals surface area contributed by atoms with Crippen LogP contribution in [0.1, 0.15) is 124 Å². The van der Waals surface area contributed by atoms with Crippen LogP contribution in [0.2, 0.25) is 0 Å². The second kappa shape index (κ2) is 19.5. The number of methoxy groups -OCH3 is 1. The molecule has 4 saturated carbocycles. The van der Waals surface area contributed by atoms with Crippen molar-refractivity contribution < 1.29 is 50.0 Å². The first-order valence-electron chi connectivity index (χ1n) is 22.9. The second-order valence-corrected chi connectivity index (χ2v) is 19.2. The largest absolute Gasteiger partial charge is 2.00 e. The van der Waals surface area contributed by atoms with Gasteiger partial charge in [-0.05, 0) is 149 Å². The fourth-order valence-electron chi connectivity index (χ4n) is 9.54. The van der Waals surface area contributed by atoms with Gasteiger partial charge in [-0.1, -0.05) is 0 Å². The van der Waals surface area contributed by atoms with Gasteiger partial charge in [0.15, 0.2) is 5.82 Å². The van der Waals surface area contributed by atoms with Gasteiger partial charge >= 0.3 is 29.0 Å². The number of nitrogens with one attached hydrogen (secondary N) is 2. The van der Waals surface area contributed by atoms with E-state index in [2.05, 4.69) is 46.4 Å². The van der Waals surface area contributed by atoms with Crippen LogP contribution >= 0.6 is 0 Å². The molecule has 6 aromatic rings. The zero-order valence-corrected chi connectivity index (χ0v) is 42.7. The number of fused-ring (bicyclic) bond motifs is 6. The van der Waals surface area contributed by atoms with Crippen LogP contribution in [0.15, 0.2) is 97.3 Å². The van der Waals surface area contributed by atoms with Crippen LogP contribution in [-0.2, 0) is 21.4 Å². The fraction of sp³-hybridized carbons (Fsp3) is 0.346. The molecule has 19 heteroatoms. The van der Waals surface area contributed by atoms with Gasteiger partial charge in [0.2, 0.25) is 5.82 Å². The predicted octanol–water partition coefficient (Wildman–Crippen LogP) is 4.46. The van der Waals surface area contributed by atoms with Gasteiger partial charge in [-0.25, -0.2) is 33.5 Å². The number of carbonyl (C=O) groups is 3. The molecule has 4 aliphatic carbocycles. The molecular formula is C52H51BrF2MgN10O5. The van der Waals surface area contributed by atoms with Crippen molar-refractivity contribution in [3.63, 3.8) is 0 Å². The Morgan fingerprint density at radius 3 is 1.52 bits per heavy atom. The molecule has 0 saturated heterocycles. The predicted molar refractivity (Wildman–Crippen MR) is 257 cm³/mol. The number of anilines is 4. The SMILES string of the molecule is CC(C)(O)c1nccc(N2CC3CC3c3nc(C4(NC(=O)c5ccc(F)cc5)CC4)ccc32)n1.COC(=O)c1nccc(N2CC3CC3c3nc(C4(NC(=O)c5ccc(F)cc5)CC4)ccc32)n1.[Br-].[CH3-].[Mg+2]. The Morgan fingerprint density at radius 2 is 1.10 bits per heavy atom. The maximum atomic E-state index is 13.2. The molecule has 6 heterocycles. The van der Waals surface area contributed by atoms with Gasteiger partial charge in [0, 0.05) is 48.4 Å². The Kier molecular flexibility index (Phi) is 14.1. The number of hydrogen-bond acceptors (Lipinski definition) is 13. The van der Waals surface area contributed by atoms with E-state index < -0.39 is 22.6 Å². The van der Waals surface area contributed by atoms with Crippen molar-refractivity contribution in [2.24, 2.45) is 11.8 Å². The number of aromatic nitrogens is 6. The summed E-state index contributed by atoms with van der Waals surface area (Å²) in [5, 5.41) is 16.6. The number of esters is 1. The molecule has 6 aliphatic rings. The van der Waals surface area contributed by atoms with Crippen LogP contribution in [0.5, 0.6) is 0 Å². The zero-order valence-electron chi connectivity index (χ0n) is 39.7. The third-order valence-corrected chi connectivity index (χ3v) is 13.9. The molecule has 15 nitrogen and oxygen atoms in total. The monoisotopic (exact) mass is 1040 g/mol. The average molecular weight is 1040 g/mol. The third kappa shape index (κ3) is 10.1. The van der Waals surface area contributed by atoms with Crippen LogP contribution in [0.4, 0.5) is 31.8 Å². The number of hydrogen-bond donors (Lipinski definition) is 3. The van der Waals surface area contributed by atoms with Gasteiger partial charge in [0.1, 0.15) is 28.9 Å². The Bertz CT molecular complexity index is 3010. The summed E-state index contributed by atoms with van der Waals surface area (Å²) < 4.78 is 31.2. The van der Waals surface area contributed by atoms with Crippen LogP contribution in [0.3, 0.4) is 0 Å². The molecule has 3 N–H and O–H groups in total. The molecule has 0 radical (unpaired) electrons. The van der Waals surface area contributed by atoms with Gasteiger partial charge in [-0.2, -0.15) is 0 Å².